The second kappa shape index (κ2) is 6.97. The molecule has 0 aromatic carbocycles. The summed E-state index contributed by atoms with van der Waals surface area (Å²) >= 11 is 5.67. The van der Waals surface area contributed by atoms with Crippen LogP contribution in [0.2, 0.25) is 0 Å². The Labute approximate surface area is 102 Å². The molecule has 0 aliphatic heterocycles. The van der Waals surface area contributed by atoms with Crippen molar-refractivity contribution in [2.24, 2.45) is 5.92 Å². The van der Waals surface area contributed by atoms with Crippen molar-refractivity contribution in [3.8, 4) is 0 Å². The van der Waals surface area contributed by atoms with Gasteiger partial charge in [-0.05, 0) is 33.1 Å². The molecule has 0 bridgehead atoms. The minimum Gasteiger partial charge on any atom is -0.444 e. The quantitative estimate of drug-likeness (QED) is 0.736. The summed E-state index contributed by atoms with van der Waals surface area (Å²) in [5, 5.41) is 11.7. The average molecular weight is 252 g/mol. The van der Waals surface area contributed by atoms with E-state index in [-0.39, 0.29) is 18.6 Å². The van der Waals surface area contributed by atoms with E-state index >= 15 is 0 Å². The Bertz CT molecular complexity index is 216. The highest BCUT2D eigenvalue weighted by molar-refractivity contribution is 6.18. The summed E-state index contributed by atoms with van der Waals surface area (Å²) in [5.74, 6) is 0.751. The number of hydrogen-bond donors (Lipinski definition) is 2. The maximum absolute atomic E-state index is 11.4. The van der Waals surface area contributed by atoms with Gasteiger partial charge in [0.15, 0.2) is 0 Å². The predicted octanol–water partition coefficient (Wildman–Crippen LogP) is 2.14. The van der Waals surface area contributed by atoms with Crippen LogP contribution >= 0.6 is 11.6 Å². The molecule has 5 heteroatoms. The number of carbonyl (C=O) groups excluding carboxylic acids is 1. The van der Waals surface area contributed by atoms with Gasteiger partial charge in [-0.1, -0.05) is 6.92 Å². The third kappa shape index (κ3) is 7.77. The van der Waals surface area contributed by atoms with Crippen LogP contribution in [0, 0.1) is 5.92 Å². The zero-order valence-electron chi connectivity index (χ0n) is 10.4. The first-order chi connectivity index (χ1) is 7.28. The Kier molecular flexibility index (Phi) is 6.76. The second-order valence-corrected chi connectivity index (χ2v) is 5.33. The maximum Gasteiger partial charge on any atom is 0.407 e. The lowest BCUT2D eigenvalue weighted by Crippen LogP contribution is -2.41. The molecule has 0 spiro atoms. The standard InChI is InChI=1S/C11H22ClNO3/c1-8(6-12)5-9(7-14)13-10(15)16-11(2,3)4/h8-9,14H,5-7H2,1-4H3,(H,13,15). The van der Waals surface area contributed by atoms with Crippen LogP contribution in [0.5, 0.6) is 0 Å². The fourth-order valence-electron chi connectivity index (χ4n) is 1.20. The van der Waals surface area contributed by atoms with Crippen LogP contribution in [0.1, 0.15) is 34.1 Å². The van der Waals surface area contributed by atoms with Crippen molar-refractivity contribution >= 4 is 17.7 Å². The number of amides is 1. The van der Waals surface area contributed by atoms with E-state index in [0.29, 0.717) is 12.3 Å². The molecular formula is C11H22ClNO3. The molecule has 0 radical (unpaired) electrons. The Balaban J connectivity index is 4.07. The summed E-state index contributed by atoms with van der Waals surface area (Å²) in [6.07, 6.45) is 0.132. The molecule has 0 aliphatic carbocycles. The Morgan fingerprint density at radius 3 is 2.44 bits per heavy atom. The Hall–Kier alpha value is -0.480. The molecule has 0 heterocycles. The molecule has 16 heavy (non-hydrogen) atoms. The lowest BCUT2D eigenvalue weighted by atomic mass is 10.0. The van der Waals surface area contributed by atoms with Crippen LogP contribution in [0.4, 0.5) is 4.79 Å². The van der Waals surface area contributed by atoms with Gasteiger partial charge in [0, 0.05) is 5.88 Å². The molecule has 0 fully saturated rings. The Morgan fingerprint density at radius 1 is 1.50 bits per heavy atom. The first-order valence-electron chi connectivity index (χ1n) is 5.44. The normalized spacial score (nSPS) is 15.4. The van der Waals surface area contributed by atoms with Crippen LogP contribution in [0.25, 0.3) is 0 Å². The molecule has 0 rings (SSSR count). The summed E-state index contributed by atoms with van der Waals surface area (Å²) in [6.45, 7) is 7.23. The lowest BCUT2D eigenvalue weighted by molar-refractivity contribution is 0.0474. The first-order valence-corrected chi connectivity index (χ1v) is 5.98. The van der Waals surface area contributed by atoms with Gasteiger partial charge in [-0.2, -0.15) is 0 Å². The van der Waals surface area contributed by atoms with Crippen molar-refractivity contribution in [2.75, 3.05) is 12.5 Å². The van der Waals surface area contributed by atoms with Gasteiger partial charge in [-0.25, -0.2) is 4.79 Å². The SMILES string of the molecule is CC(CCl)CC(CO)NC(=O)OC(C)(C)C. The number of aliphatic hydroxyl groups excluding tert-OH is 1. The second-order valence-electron chi connectivity index (χ2n) is 5.02. The van der Waals surface area contributed by atoms with Crippen LogP contribution in [-0.4, -0.2) is 35.3 Å². The highest BCUT2D eigenvalue weighted by atomic mass is 35.5. The summed E-state index contributed by atoms with van der Waals surface area (Å²) < 4.78 is 5.09. The number of ether oxygens (including phenoxy) is 1. The van der Waals surface area contributed by atoms with Crippen LogP contribution in [0.3, 0.4) is 0 Å². The molecule has 2 N–H and O–H groups in total. The predicted molar refractivity (Wildman–Crippen MR) is 64.7 cm³/mol. The fraction of sp³-hybridized carbons (Fsp3) is 0.909. The number of hydrogen-bond acceptors (Lipinski definition) is 3. The van der Waals surface area contributed by atoms with Crippen molar-refractivity contribution < 1.29 is 14.6 Å². The number of alkyl carbamates (subject to hydrolysis) is 1. The molecule has 96 valence electrons. The number of aliphatic hydroxyl groups is 1. The molecule has 0 saturated carbocycles. The number of nitrogens with one attached hydrogen (secondary N) is 1. The minimum atomic E-state index is -0.526. The van der Waals surface area contributed by atoms with Crippen LogP contribution in [-0.2, 0) is 4.74 Å². The molecular weight excluding hydrogens is 230 g/mol. The maximum atomic E-state index is 11.4. The van der Waals surface area contributed by atoms with E-state index in [2.05, 4.69) is 5.32 Å². The summed E-state index contributed by atoms with van der Waals surface area (Å²) in [5.41, 5.74) is -0.526. The molecule has 2 atom stereocenters. The van der Waals surface area contributed by atoms with E-state index in [9.17, 15) is 4.79 Å². The van der Waals surface area contributed by atoms with E-state index < -0.39 is 11.7 Å². The van der Waals surface area contributed by atoms with Crippen molar-refractivity contribution in [3.05, 3.63) is 0 Å². The van der Waals surface area contributed by atoms with Crippen molar-refractivity contribution in [3.63, 3.8) is 0 Å². The van der Waals surface area contributed by atoms with Crippen LogP contribution in [0.15, 0.2) is 0 Å². The number of rotatable bonds is 5. The van der Waals surface area contributed by atoms with Gasteiger partial charge in [0.05, 0.1) is 12.6 Å². The zero-order chi connectivity index (χ0) is 12.8. The molecule has 2 unspecified atom stereocenters. The molecule has 0 aromatic heterocycles. The summed E-state index contributed by atoms with van der Waals surface area (Å²) in [6, 6.07) is -0.302. The van der Waals surface area contributed by atoms with E-state index in [4.69, 9.17) is 21.4 Å². The van der Waals surface area contributed by atoms with Crippen molar-refractivity contribution in [2.45, 2.75) is 45.8 Å². The summed E-state index contributed by atoms with van der Waals surface area (Å²) in [7, 11) is 0. The smallest absolute Gasteiger partial charge is 0.407 e. The highest BCUT2D eigenvalue weighted by Gasteiger charge is 2.20. The third-order valence-electron chi connectivity index (χ3n) is 1.89. The molecule has 1 amide bonds. The van der Waals surface area contributed by atoms with E-state index in [1.807, 2.05) is 6.92 Å². The van der Waals surface area contributed by atoms with E-state index in [0.717, 1.165) is 0 Å². The highest BCUT2D eigenvalue weighted by Crippen LogP contribution is 2.10. The van der Waals surface area contributed by atoms with Gasteiger partial charge < -0.3 is 15.2 Å². The number of carbonyl (C=O) groups is 1. The van der Waals surface area contributed by atoms with E-state index in [1.54, 1.807) is 20.8 Å². The molecule has 0 saturated heterocycles. The van der Waals surface area contributed by atoms with Gasteiger partial charge in [-0.15, -0.1) is 11.6 Å². The zero-order valence-corrected chi connectivity index (χ0v) is 11.2. The minimum absolute atomic E-state index is 0.111. The molecule has 0 aromatic rings. The monoisotopic (exact) mass is 251 g/mol. The topological polar surface area (TPSA) is 58.6 Å². The van der Waals surface area contributed by atoms with Gasteiger partial charge in [-0.3, -0.25) is 0 Å². The van der Waals surface area contributed by atoms with E-state index in [1.165, 1.54) is 0 Å². The van der Waals surface area contributed by atoms with Gasteiger partial charge in [0.2, 0.25) is 0 Å². The van der Waals surface area contributed by atoms with Gasteiger partial charge in [0.1, 0.15) is 5.60 Å². The van der Waals surface area contributed by atoms with Crippen molar-refractivity contribution in [1.82, 2.24) is 5.32 Å². The summed E-state index contributed by atoms with van der Waals surface area (Å²) in [4.78, 5) is 11.4. The lowest BCUT2D eigenvalue weighted by Gasteiger charge is -2.23. The van der Waals surface area contributed by atoms with Gasteiger partial charge in [0.25, 0.3) is 0 Å². The largest absolute Gasteiger partial charge is 0.444 e. The van der Waals surface area contributed by atoms with Gasteiger partial charge >= 0.3 is 6.09 Å². The third-order valence-corrected chi connectivity index (χ3v) is 2.42. The molecule has 4 nitrogen and oxygen atoms in total. The fourth-order valence-corrected chi connectivity index (χ4v) is 1.33. The number of alkyl halides is 1. The number of halogens is 1. The average Bonchev–Trinajstić information content (AvgIpc) is 2.13. The van der Waals surface area contributed by atoms with Crippen LogP contribution < -0.4 is 5.32 Å². The first kappa shape index (κ1) is 15.5. The molecule has 0 aliphatic rings. The van der Waals surface area contributed by atoms with Crippen molar-refractivity contribution in [1.29, 1.82) is 0 Å². The Morgan fingerprint density at radius 2 is 2.06 bits per heavy atom.